The van der Waals surface area contributed by atoms with E-state index < -0.39 is 42.5 Å². The van der Waals surface area contributed by atoms with Gasteiger partial charge in [-0.25, -0.2) is 4.68 Å². The molecule has 0 amide bonds. The van der Waals surface area contributed by atoms with Crippen LogP contribution in [0.1, 0.15) is 52.9 Å². The molecule has 0 spiro atoms. The van der Waals surface area contributed by atoms with Gasteiger partial charge in [-0.1, -0.05) is 53.9 Å². The maximum absolute atomic E-state index is 11.8. The highest BCUT2D eigenvalue weighted by Crippen LogP contribution is 2.25. The van der Waals surface area contributed by atoms with Crippen molar-refractivity contribution >= 4 is 23.9 Å². The Hall–Kier alpha value is -4.63. The van der Waals surface area contributed by atoms with Crippen LogP contribution in [0, 0.1) is 0 Å². The summed E-state index contributed by atoms with van der Waals surface area (Å²) in [7, 11) is 0. The van der Waals surface area contributed by atoms with E-state index >= 15 is 0 Å². The molecule has 46 heavy (non-hydrogen) atoms. The zero-order valence-corrected chi connectivity index (χ0v) is 26.0. The number of ether oxygens (including phenoxy) is 5. The highest BCUT2D eigenvalue weighted by Gasteiger charge is 2.31. The first-order valence-corrected chi connectivity index (χ1v) is 15.3. The van der Waals surface area contributed by atoms with E-state index in [2.05, 4.69) is 25.8 Å². The van der Waals surface area contributed by atoms with Gasteiger partial charge in [-0.15, -0.1) is 5.10 Å². The van der Waals surface area contributed by atoms with Gasteiger partial charge in [-0.2, -0.15) is 4.98 Å². The Kier molecular flexibility index (Phi) is 11.1. The molecule has 4 atom stereocenters. The maximum atomic E-state index is 11.8. The lowest BCUT2D eigenvalue weighted by Gasteiger charge is -2.31. The minimum atomic E-state index is -0.867. The Balaban J connectivity index is 1.17. The third-order valence-electron chi connectivity index (χ3n) is 7.39. The zero-order chi connectivity index (χ0) is 32.5. The van der Waals surface area contributed by atoms with E-state index in [4.69, 9.17) is 28.2 Å². The van der Waals surface area contributed by atoms with E-state index in [0.29, 0.717) is 23.6 Å². The van der Waals surface area contributed by atoms with E-state index in [9.17, 15) is 14.4 Å². The summed E-state index contributed by atoms with van der Waals surface area (Å²) < 4.78 is 34.4. The van der Waals surface area contributed by atoms with Gasteiger partial charge in [0.05, 0.1) is 19.3 Å². The molecule has 0 radical (unpaired) electrons. The van der Waals surface area contributed by atoms with Gasteiger partial charge >= 0.3 is 23.9 Å². The molecule has 0 unspecified atom stereocenters. The third-order valence-corrected chi connectivity index (χ3v) is 7.39. The van der Waals surface area contributed by atoms with Crippen LogP contribution in [0.15, 0.2) is 47.1 Å². The quantitative estimate of drug-likeness (QED) is 0.163. The number of hydrogen-bond acceptors (Lipinski definition) is 14. The predicted octanol–water partition coefficient (Wildman–Crippen LogP) is 3.46. The first-order chi connectivity index (χ1) is 22.2. The van der Waals surface area contributed by atoms with Crippen molar-refractivity contribution in [2.75, 3.05) is 18.5 Å². The van der Waals surface area contributed by atoms with E-state index in [1.165, 1.54) is 40.0 Å². The number of nitrogens with one attached hydrogen (secondary N) is 1. The number of anilines is 1. The van der Waals surface area contributed by atoms with Gasteiger partial charge in [0.15, 0.2) is 6.29 Å². The average Bonchev–Trinajstić information content (AvgIpc) is 3.70. The van der Waals surface area contributed by atoms with Crippen molar-refractivity contribution in [3.63, 3.8) is 0 Å². The lowest BCUT2D eigenvalue weighted by molar-refractivity contribution is -0.205. The predicted molar refractivity (Wildman–Crippen MR) is 161 cm³/mol. The SMILES string of the molecule is CC(=O)OC[C@H]1O[C@H](OC[C@H](Cn2cc(-c3ccc(-c4noc(NC5CCCCC5)n4)cc3)nn2)OC(C)=O)C=C[C@@H]1OC(C)=O. The molecule has 1 aromatic carbocycles. The molecule has 0 saturated heterocycles. The van der Waals surface area contributed by atoms with Gasteiger partial charge in [0.25, 0.3) is 0 Å². The fourth-order valence-electron chi connectivity index (χ4n) is 5.25. The van der Waals surface area contributed by atoms with Gasteiger partial charge in [-0.3, -0.25) is 14.4 Å². The van der Waals surface area contributed by atoms with E-state index in [-0.39, 0.29) is 19.8 Å². The van der Waals surface area contributed by atoms with E-state index in [0.717, 1.165) is 24.0 Å². The monoisotopic (exact) mass is 638 g/mol. The van der Waals surface area contributed by atoms with Crippen molar-refractivity contribution < 1.29 is 42.6 Å². The van der Waals surface area contributed by atoms with Crippen molar-refractivity contribution in [2.24, 2.45) is 0 Å². The van der Waals surface area contributed by atoms with Crippen LogP contribution in [-0.4, -0.2) is 86.9 Å². The molecule has 246 valence electrons. The number of benzene rings is 1. The molecule has 0 bridgehead atoms. The summed E-state index contributed by atoms with van der Waals surface area (Å²) in [6, 6.07) is 8.35. The summed E-state index contributed by atoms with van der Waals surface area (Å²) in [5.41, 5.74) is 2.24. The van der Waals surface area contributed by atoms with Gasteiger partial charge in [-0.05, 0) is 25.0 Å². The first-order valence-electron chi connectivity index (χ1n) is 15.3. The van der Waals surface area contributed by atoms with Crippen LogP contribution >= 0.6 is 0 Å². The zero-order valence-electron chi connectivity index (χ0n) is 26.0. The van der Waals surface area contributed by atoms with Crippen molar-refractivity contribution in [3.05, 3.63) is 42.6 Å². The van der Waals surface area contributed by atoms with Gasteiger partial charge < -0.3 is 33.5 Å². The van der Waals surface area contributed by atoms with Crippen molar-refractivity contribution in [1.82, 2.24) is 25.1 Å². The molecule has 1 saturated carbocycles. The second-order valence-corrected chi connectivity index (χ2v) is 11.2. The van der Waals surface area contributed by atoms with Crippen LogP contribution in [0.4, 0.5) is 6.01 Å². The summed E-state index contributed by atoms with van der Waals surface area (Å²) in [6.45, 7) is 3.82. The number of rotatable bonds is 13. The summed E-state index contributed by atoms with van der Waals surface area (Å²) in [4.78, 5) is 39.1. The van der Waals surface area contributed by atoms with Crippen LogP contribution in [0.3, 0.4) is 0 Å². The molecule has 2 aromatic heterocycles. The average molecular weight is 639 g/mol. The van der Waals surface area contributed by atoms with Crippen molar-refractivity contribution in [3.8, 4) is 22.6 Å². The molecule has 15 nitrogen and oxygen atoms in total. The van der Waals surface area contributed by atoms with Crippen LogP contribution in [-0.2, 0) is 44.6 Å². The number of carbonyl (C=O) groups is 3. The highest BCUT2D eigenvalue weighted by atomic mass is 16.7. The summed E-state index contributed by atoms with van der Waals surface area (Å²) >= 11 is 0. The summed E-state index contributed by atoms with van der Waals surface area (Å²) in [5.74, 6) is -1.01. The van der Waals surface area contributed by atoms with Crippen LogP contribution < -0.4 is 5.32 Å². The minimum absolute atomic E-state index is 0.0424. The standard InChI is InChI=1S/C31H38N6O9/c1-19(38)41-18-28-27(44-21(3)40)13-14-29(45-28)42-17-25(43-20(2)39)15-37-16-26(34-36-37)22-9-11-23(12-10-22)30-33-31(46-35-30)32-24-7-5-4-6-8-24/h9-14,16,24-25,27-29H,4-8,15,17-18H2,1-3H3,(H,32,33,35)/t25-,27-,28+,29-/m0/s1. The first kappa shape index (κ1) is 32.8. The van der Waals surface area contributed by atoms with Crippen LogP contribution in [0.2, 0.25) is 0 Å². The molecule has 5 rings (SSSR count). The molecule has 3 heterocycles. The molecule has 2 aliphatic rings. The molecular formula is C31H38N6O9. The van der Waals surface area contributed by atoms with E-state index in [1.807, 2.05) is 24.3 Å². The van der Waals surface area contributed by atoms with Gasteiger partial charge in [0.2, 0.25) is 5.82 Å². The van der Waals surface area contributed by atoms with Crippen LogP contribution in [0.5, 0.6) is 0 Å². The maximum Gasteiger partial charge on any atom is 0.322 e. The Morgan fingerprint density at radius 3 is 2.48 bits per heavy atom. The van der Waals surface area contributed by atoms with Crippen LogP contribution in [0.25, 0.3) is 22.6 Å². The normalized spacial score (nSPS) is 20.5. The van der Waals surface area contributed by atoms with Gasteiger partial charge in [0.1, 0.15) is 30.6 Å². The number of hydrogen-bond donors (Lipinski definition) is 1. The molecule has 1 N–H and O–H groups in total. The lowest BCUT2D eigenvalue weighted by atomic mass is 9.96. The number of carbonyl (C=O) groups excluding carboxylic acids is 3. The molecule has 1 aliphatic carbocycles. The Morgan fingerprint density at radius 2 is 1.76 bits per heavy atom. The molecule has 3 aromatic rings. The summed E-state index contributed by atoms with van der Waals surface area (Å²) in [5, 5.41) is 15.9. The molecular weight excluding hydrogens is 600 g/mol. The third kappa shape index (κ3) is 9.44. The Bertz CT molecular complexity index is 1500. The Labute approximate surface area is 265 Å². The largest absolute Gasteiger partial charge is 0.463 e. The smallest absolute Gasteiger partial charge is 0.322 e. The molecule has 15 heteroatoms. The molecule has 1 aliphatic heterocycles. The topological polar surface area (TPSA) is 179 Å². The molecule has 1 fully saturated rings. The highest BCUT2D eigenvalue weighted by molar-refractivity contribution is 5.67. The fraction of sp³-hybridized carbons (Fsp3) is 0.516. The van der Waals surface area contributed by atoms with Crippen molar-refractivity contribution in [2.45, 2.75) is 90.1 Å². The number of esters is 3. The number of nitrogens with zero attached hydrogens (tertiary/aromatic N) is 5. The minimum Gasteiger partial charge on any atom is -0.463 e. The lowest BCUT2D eigenvalue weighted by Crippen LogP contribution is -2.43. The fourth-order valence-corrected chi connectivity index (χ4v) is 5.25. The van der Waals surface area contributed by atoms with E-state index in [1.54, 1.807) is 23.0 Å². The number of aromatic nitrogens is 5. The van der Waals surface area contributed by atoms with Gasteiger partial charge in [0, 0.05) is 37.9 Å². The van der Waals surface area contributed by atoms with Crippen molar-refractivity contribution in [1.29, 1.82) is 0 Å². The Morgan fingerprint density at radius 1 is 1.00 bits per heavy atom. The second kappa shape index (κ2) is 15.6. The summed E-state index contributed by atoms with van der Waals surface area (Å²) in [6.07, 6.45) is 7.68. The second-order valence-electron chi connectivity index (χ2n) is 11.2.